The first-order chi connectivity index (χ1) is 13.0. The maximum absolute atomic E-state index is 12.5. The lowest BCUT2D eigenvalue weighted by Crippen LogP contribution is -2.29. The van der Waals surface area contributed by atoms with Crippen molar-refractivity contribution < 1.29 is 23.8 Å². The molecule has 1 aromatic heterocycles. The van der Waals surface area contributed by atoms with E-state index in [0.29, 0.717) is 33.7 Å². The first-order valence-electron chi connectivity index (χ1n) is 8.19. The molecule has 0 atom stereocenters. The Kier molecular flexibility index (Phi) is 5.98. The Hall–Kier alpha value is -2.58. The summed E-state index contributed by atoms with van der Waals surface area (Å²) in [6.45, 7) is 0.295. The number of nitrogens with zero attached hydrogens (tertiary/aromatic N) is 1. The monoisotopic (exact) mass is 403 g/mol. The number of carbonyl (C=O) groups excluding carboxylic acids is 1. The molecule has 0 aliphatic carbocycles. The van der Waals surface area contributed by atoms with Gasteiger partial charge in [0.1, 0.15) is 21.6 Å². The standard InChI is InChI=1S/C19H17NO5S2/c1-24-13-6-4-12(5-7-13)15-9-8-14(25-15)11-16-18(23)20(19(26)27-16)10-2-3-17(21)22/h4-9,11H,2-3,10H2,1H3,(H,21,22). The average Bonchev–Trinajstić information content (AvgIpc) is 3.22. The molecule has 1 amide bonds. The maximum Gasteiger partial charge on any atom is 0.303 e. The number of aliphatic carboxylic acids is 1. The number of carboxylic acid groups (broad SMARTS) is 1. The van der Waals surface area contributed by atoms with Crippen LogP contribution in [0.1, 0.15) is 18.6 Å². The van der Waals surface area contributed by atoms with Crippen LogP contribution < -0.4 is 4.74 Å². The van der Waals surface area contributed by atoms with Crippen molar-refractivity contribution in [1.82, 2.24) is 4.90 Å². The fraction of sp³-hybridized carbons (Fsp3) is 0.211. The zero-order chi connectivity index (χ0) is 19.4. The van der Waals surface area contributed by atoms with Gasteiger partial charge in [-0.1, -0.05) is 24.0 Å². The van der Waals surface area contributed by atoms with Crippen molar-refractivity contribution in [3.8, 4) is 17.1 Å². The van der Waals surface area contributed by atoms with Crippen LogP contribution in [-0.2, 0) is 9.59 Å². The number of thiocarbonyl (C=S) groups is 1. The molecule has 1 aliphatic rings. The van der Waals surface area contributed by atoms with Gasteiger partial charge in [-0.25, -0.2) is 0 Å². The number of hydrogen-bond acceptors (Lipinski definition) is 6. The molecule has 2 aromatic rings. The summed E-state index contributed by atoms with van der Waals surface area (Å²) < 4.78 is 11.4. The first-order valence-corrected chi connectivity index (χ1v) is 9.42. The second-order valence-electron chi connectivity index (χ2n) is 5.76. The van der Waals surface area contributed by atoms with E-state index >= 15 is 0 Å². The van der Waals surface area contributed by atoms with Crippen LogP contribution in [0.4, 0.5) is 0 Å². The van der Waals surface area contributed by atoms with Gasteiger partial charge >= 0.3 is 5.97 Å². The van der Waals surface area contributed by atoms with Gasteiger partial charge in [-0.05, 0) is 42.8 Å². The molecule has 1 fully saturated rings. The summed E-state index contributed by atoms with van der Waals surface area (Å²) in [6, 6.07) is 11.1. The van der Waals surface area contributed by atoms with Gasteiger partial charge in [0, 0.05) is 24.6 Å². The van der Waals surface area contributed by atoms with Gasteiger partial charge in [-0.3, -0.25) is 14.5 Å². The second-order valence-corrected chi connectivity index (χ2v) is 7.44. The molecule has 140 valence electrons. The Morgan fingerprint density at radius 3 is 2.70 bits per heavy atom. The third kappa shape index (κ3) is 4.58. The van der Waals surface area contributed by atoms with Crippen molar-refractivity contribution in [2.75, 3.05) is 13.7 Å². The van der Waals surface area contributed by atoms with Gasteiger partial charge in [0.2, 0.25) is 0 Å². The van der Waals surface area contributed by atoms with Crippen LogP contribution in [0.5, 0.6) is 5.75 Å². The van der Waals surface area contributed by atoms with Gasteiger partial charge < -0.3 is 14.3 Å². The molecule has 8 heteroatoms. The highest BCUT2D eigenvalue weighted by atomic mass is 32.2. The van der Waals surface area contributed by atoms with Gasteiger partial charge in [0.25, 0.3) is 5.91 Å². The smallest absolute Gasteiger partial charge is 0.303 e. The number of benzene rings is 1. The zero-order valence-electron chi connectivity index (χ0n) is 14.5. The summed E-state index contributed by atoms with van der Waals surface area (Å²) in [6.07, 6.45) is 2.01. The zero-order valence-corrected chi connectivity index (χ0v) is 16.1. The van der Waals surface area contributed by atoms with E-state index in [1.807, 2.05) is 30.3 Å². The van der Waals surface area contributed by atoms with Gasteiger partial charge in [0.15, 0.2) is 0 Å². The molecule has 1 aromatic carbocycles. The number of ether oxygens (including phenoxy) is 1. The SMILES string of the molecule is COc1ccc(-c2ccc(C=C3SC(=S)N(CCCC(=O)O)C3=O)o2)cc1. The molecular weight excluding hydrogens is 386 g/mol. The number of furan rings is 1. The number of carbonyl (C=O) groups is 2. The number of thioether (sulfide) groups is 1. The molecule has 1 aliphatic heterocycles. The molecular formula is C19H17NO5S2. The molecule has 0 bridgehead atoms. The second kappa shape index (κ2) is 8.41. The maximum atomic E-state index is 12.5. The number of methoxy groups -OCH3 is 1. The van der Waals surface area contributed by atoms with Crippen LogP contribution in [0, 0.1) is 0 Å². The molecule has 0 saturated carbocycles. The Morgan fingerprint density at radius 2 is 2.04 bits per heavy atom. The third-order valence-electron chi connectivity index (χ3n) is 3.92. The lowest BCUT2D eigenvalue weighted by atomic mass is 10.2. The molecule has 27 heavy (non-hydrogen) atoms. The summed E-state index contributed by atoms with van der Waals surface area (Å²) in [5, 5.41) is 8.72. The Labute approximate surface area is 165 Å². The number of amides is 1. The van der Waals surface area contributed by atoms with E-state index < -0.39 is 5.97 Å². The van der Waals surface area contributed by atoms with Crippen molar-refractivity contribution in [2.45, 2.75) is 12.8 Å². The normalized spacial score (nSPS) is 15.6. The quantitative estimate of drug-likeness (QED) is 0.552. The number of carboxylic acids is 1. The molecule has 6 nitrogen and oxygen atoms in total. The predicted molar refractivity (Wildman–Crippen MR) is 107 cm³/mol. The van der Waals surface area contributed by atoms with Crippen molar-refractivity contribution in [3.05, 3.63) is 47.1 Å². The van der Waals surface area contributed by atoms with Crippen LogP contribution in [0.15, 0.2) is 45.7 Å². The molecule has 0 unspecified atom stereocenters. The highest BCUT2D eigenvalue weighted by Gasteiger charge is 2.31. The summed E-state index contributed by atoms with van der Waals surface area (Å²) in [5.41, 5.74) is 0.900. The van der Waals surface area contributed by atoms with E-state index in [4.69, 9.17) is 26.5 Å². The first kappa shape index (κ1) is 19.2. The Morgan fingerprint density at radius 1 is 1.30 bits per heavy atom. The molecule has 1 N–H and O–H groups in total. The van der Waals surface area contributed by atoms with Crippen LogP contribution in [0.2, 0.25) is 0 Å². The van der Waals surface area contributed by atoms with E-state index in [0.717, 1.165) is 11.3 Å². The van der Waals surface area contributed by atoms with Crippen molar-refractivity contribution >= 4 is 46.3 Å². The average molecular weight is 403 g/mol. The highest BCUT2D eigenvalue weighted by molar-refractivity contribution is 8.26. The van der Waals surface area contributed by atoms with E-state index in [1.54, 1.807) is 19.3 Å². The van der Waals surface area contributed by atoms with Gasteiger partial charge in [-0.2, -0.15) is 0 Å². The topological polar surface area (TPSA) is 80.0 Å². The van der Waals surface area contributed by atoms with E-state index in [9.17, 15) is 9.59 Å². The lowest BCUT2D eigenvalue weighted by molar-refractivity contribution is -0.137. The van der Waals surface area contributed by atoms with E-state index in [1.165, 1.54) is 16.7 Å². The van der Waals surface area contributed by atoms with Crippen molar-refractivity contribution in [1.29, 1.82) is 0 Å². The molecule has 2 heterocycles. The van der Waals surface area contributed by atoms with Crippen molar-refractivity contribution in [2.24, 2.45) is 0 Å². The number of rotatable bonds is 7. The fourth-order valence-corrected chi connectivity index (χ4v) is 3.84. The number of hydrogen-bond donors (Lipinski definition) is 1. The lowest BCUT2D eigenvalue weighted by Gasteiger charge is -2.13. The molecule has 0 radical (unpaired) electrons. The van der Waals surface area contributed by atoms with Crippen LogP contribution in [0.3, 0.4) is 0 Å². The third-order valence-corrected chi connectivity index (χ3v) is 5.30. The fourth-order valence-electron chi connectivity index (χ4n) is 2.55. The Balaban J connectivity index is 1.71. The highest BCUT2D eigenvalue weighted by Crippen LogP contribution is 2.34. The minimum Gasteiger partial charge on any atom is -0.497 e. The minimum absolute atomic E-state index is 0.000483. The summed E-state index contributed by atoms with van der Waals surface area (Å²) >= 11 is 6.42. The van der Waals surface area contributed by atoms with Crippen LogP contribution >= 0.6 is 24.0 Å². The van der Waals surface area contributed by atoms with Gasteiger partial charge in [-0.15, -0.1) is 0 Å². The minimum atomic E-state index is -0.891. The van der Waals surface area contributed by atoms with E-state index in [2.05, 4.69) is 0 Å². The summed E-state index contributed by atoms with van der Waals surface area (Å²) in [7, 11) is 1.61. The van der Waals surface area contributed by atoms with Crippen LogP contribution in [0.25, 0.3) is 17.4 Å². The Bertz CT molecular complexity index is 901. The summed E-state index contributed by atoms with van der Waals surface area (Å²) in [5.74, 6) is 0.875. The largest absolute Gasteiger partial charge is 0.497 e. The predicted octanol–water partition coefficient (Wildman–Crippen LogP) is 4.02. The van der Waals surface area contributed by atoms with Crippen LogP contribution in [-0.4, -0.2) is 39.9 Å². The summed E-state index contributed by atoms with van der Waals surface area (Å²) in [4.78, 5) is 25.0. The molecule has 1 saturated heterocycles. The molecule has 0 spiro atoms. The van der Waals surface area contributed by atoms with Gasteiger partial charge in [0.05, 0.1) is 12.0 Å². The van der Waals surface area contributed by atoms with Crippen molar-refractivity contribution in [3.63, 3.8) is 0 Å². The molecule has 3 rings (SSSR count). The van der Waals surface area contributed by atoms with E-state index in [-0.39, 0.29) is 12.3 Å².